The topological polar surface area (TPSA) is 51.2 Å². The van der Waals surface area contributed by atoms with Crippen molar-refractivity contribution in [3.05, 3.63) is 251 Å². The number of benzene rings is 7. The van der Waals surface area contributed by atoms with Crippen LogP contribution in [0.3, 0.4) is 0 Å². The first-order chi connectivity index (χ1) is 28.1. The summed E-state index contributed by atoms with van der Waals surface area (Å²) in [4.78, 5) is 28.9. The van der Waals surface area contributed by atoms with E-state index in [0.717, 1.165) is 18.3 Å². The lowest BCUT2D eigenvalue weighted by atomic mass is 9.71. The number of Topliss-reactive ketones (excluding diaryl/α,β-unsaturated/α-hetero) is 2. The molecule has 7 aromatic carbocycles. The van der Waals surface area contributed by atoms with Gasteiger partial charge >= 0.3 is 0 Å². The van der Waals surface area contributed by atoms with Gasteiger partial charge in [-0.3, -0.25) is 4.79 Å². The Labute approximate surface area is 348 Å². The Morgan fingerprint density at radius 1 is 0.483 bits per heavy atom. The molecule has 0 N–H and O–H groups in total. The molecule has 0 atom stereocenters. The lowest BCUT2D eigenvalue weighted by Crippen LogP contribution is -2.25. The number of ketones is 2. The van der Waals surface area contributed by atoms with Gasteiger partial charge in [0.25, 0.3) is 0 Å². The van der Waals surface area contributed by atoms with Gasteiger partial charge in [0.15, 0.2) is 5.78 Å². The van der Waals surface area contributed by atoms with Gasteiger partial charge in [0, 0.05) is 16.9 Å². The number of carbonyl (C=O) groups excluding carboxylic acids is 3. The van der Waals surface area contributed by atoms with Gasteiger partial charge in [-0.2, -0.15) is 0 Å². The number of hydrogen-bond donors (Lipinski definition) is 0. The van der Waals surface area contributed by atoms with Crippen LogP contribution in [0.1, 0.15) is 98.1 Å². The lowest BCUT2D eigenvalue weighted by Gasteiger charge is -2.31. The average molecular weight is 769 g/mol. The van der Waals surface area contributed by atoms with Crippen LogP contribution in [0.25, 0.3) is 0 Å². The second kappa shape index (κ2) is 28.0. The van der Waals surface area contributed by atoms with E-state index in [1.54, 1.807) is 6.92 Å². The Kier molecular flexibility index (Phi) is 23.0. The first-order valence-electron chi connectivity index (χ1n) is 19.8. The number of carbonyl (C=O) groups is 3. The average Bonchev–Trinajstić information content (AvgIpc) is 3.28. The zero-order valence-electron chi connectivity index (χ0n) is 35.3. The molecule has 0 fully saturated rings. The van der Waals surface area contributed by atoms with Crippen LogP contribution in [0.2, 0.25) is 0 Å². The van der Waals surface area contributed by atoms with E-state index in [9.17, 15) is 9.59 Å². The van der Waals surface area contributed by atoms with Gasteiger partial charge in [0.2, 0.25) is 0 Å². The smallest absolute Gasteiger partial charge is 0.159 e. The van der Waals surface area contributed by atoms with E-state index >= 15 is 0 Å². The number of rotatable bonds is 7. The minimum Gasteiger partial charge on any atom is -0.304 e. The van der Waals surface area contributed by atoms with Crippen molar-refractivity contribution < 1.29 is 14.4 Å². The standard InChI is InChI=1S/C20H18.C14H14.C8H8O.C8H10.C3H6O.C2H4O/c1-20(17-11-5-2-6-12-17,18-13-7-3-8-14-18)19-15-9-4-10-16-19;1-12(13-8-4-2-5-9-13)14-10-6-3-7-11-14;1-7(9)8-5-3-2-4-6-8;1-2-8-6-4-3-5-7-8;1-3(2)4;1-2-3/h2-16H,1H3;2-12H,1H3;2-6H,1H3;3-7H,2H2,1H3;1-2H3;2H,1H3. The van der Waals surface area contributed by atoms with Gasteiger partial charge in [-0.1, -0.05) is 226 Å². The number of aldehydes is 1. The Hall–Kier alpha value is -6.45. The molecule has 298 valence electrons. The molecular formula is C55H60O3. The van der Waals surface area contributed by atoms with Crippen LogP contribution in [-0.4, -0.2) is 17.9 Å². The van der Waals surface area contributed by atoms with Crippen LogP contribution in [-0.2, 0) is 21.4 Å². The van der Waals surface area contributed by atoms with Crippen molar-refractivity contribution in [2.24, 2.45) is 0 Å². The van der Waals surface area contributed by atoms with E-state index in [1.807, 2.05) is 36.4 Å². The van der Waals surface area contributed by atoms with Gasteiger partial charge in [0.1, 0.15) is 12.1 Å². The fourth-order valence-electron chi connectivity index (χ4n) is 5.88. The monoisotopic (exact) mass is 768 g/mol. The highest BCUT2D eigenvalue weighted by atomic mass is 16.1. The van der Waals surface area contributed by atoms with E-state index < -0.39 is 0 Å². The maximum atomic E-state index is 10.6. The van der Waals surface area contributed by atoms with Gasteiger partial charge in [0.05, 0.1) is 0 Å². The van der Waals surface area contributed by atoms with E-state index in [1.165, 1.54) is 54.2 Å². The first kappa shape index (κ1) is 47.7. The highest BCUT2D eigenvalue weighted by Gasteiger charge is 2.30. The molecule has 0 saturated heterocycles. The quantitative estimate of drug-likeness (QED) is 0.0922. The molecule has 0 aliphatic rings. The molecule has 0 aliphatic heterocycles. The van der Waals surface area contributed by atoms with Crippen LogP contribution in [0.4, 0.5) is 0 Å². The third-order valence-electron chi connectivity index (χ3n) is 9.08. The van der Waals surface area contributed by atoms with E-state index in [0.29, 0.717) is 5.92 Å². The summed E-state index contributed by atoms with van der Waals surface area (Å²) in [5.41, 5.74) is 8.76. The van der Waals surface area contributed by atoms with Crippen molar-refractivity contribution in [3.63, 3.8) is 0 Å². The third kappa shape index (κ3) is 17.6. The van der Waals surface area contributed by atoms with E-state index in [2.05, 4.69) is 197 Å². The van der Waals surface area contributed by atoms with Crippen LogP contribution >= 0.6 is 0 Å². The van der Waals surface area contributed by atoms with Gasteiger partial charge < -0.3 is 9.59 Å². The SMILES string of the molecule is CC(=O)c1ccccc1.CC(C)=O.CC(c1ccccc1)(c1ccccc1)c1ccccc1.CC(c1ccccc1)c1ccccc1.CC=O.CCc1ccccc1. The summed E-state index contributed by atoms with van der Waals surface area (Å²) < 4.78 is 0. The minimum atomic E-state index is -0.121. The van der Waals surface area contributed by atoms with Crippen LogP contribution in [0.5, 0.6) is 0 Å². The van der Waals surface area contributed by atoms with Crippen molar-refractivity contribution in [2.75, 3.05) is 0 Å². The highest BCUT2D eigenvalue weighted by molar-refractivity contribution is 5.93. The van der Waals surface area contributed by atoms with Crippen LogP contribution in [0, 0.1) is 0 Å². The summed E-state index contributed by atoms with van der Waals surface area (Å²) in [6.07, 6.45) is 1.89. The second-order valence-corrected chi connectivity index (χ2v) is 13.7. The summed E-state index contributed by atoms with van der Waals surface area (Å²) in [6.45, 7) is 12.8. The predicted octanol–water partition coefficient (Wildman–Crippen LogP) is 13.8. The van der Waals surface area contributed by atoms with Gasteiger partial charge in [-0.05, 0) is 74.4 Å². The summed E-state index contributed by atoms with van der Waals surface area (Å²) in [7, 11) is 0. The molecule has 0 amide bonds. The molecule has 3 heteroatoms. The van der Waals surface area contributed by atoms with Crippen molar-refractivity contribution in [2.45, 2.75) is 66.2 Å². The second-order valence-electron chi connectivity index (χ2n) is 13.7. The molecule has 0 aliphatic carbocycles. The molecule has 58 heavy (non-hydrogen) atoms. The van der Waals surface area contributed by atoms with Crippen molar-refractivity contribution >= 4 is 17.9 Å². The van der Waals surface area contributed by atoms with Crippen molar-refractivity contribution in [3.8, 4) is 0 Å². The highest BCUT2D eigenvalue weighted by Crippen LogP contribution is 2.38. The fraction of sp³-hybridized carbons (Fsp3) is 0.182. The lowest BCUT2D eigenvalue weighted by molar-refractivity contribution is -0.115. The number of aryl methyl sites for hydroxylation is 1. The van der Waals surface area contributed by atoms with E-state index in [-0.39, 0.29) is 17.0 Å². The summed E-state index contributed by atoms with van der Waals surface area (Å²) in [5, 5.41) is 0. The zero-order valence-corrected chi connectivity index (χ0v) is 35.3. The van der Waals surface area contributed by atoms with Gasteiger partial charge in [-0.15, -0.1) is 0 Å². The molecule has 7 rings (SSSR count). The Balaban J connectivity index is 0.000000267. The van der Waals surface area contributed by atoms with Crippen molar-refractivity contribution in [1.29, 1.82) is 0 Å². The normalized spacial score (nSPS) is 9.72. The third-order valence-corrected chi connectivity index (χ3v) is 9.08. The van der Waals surface area contributed by atoms with Gasteiger partial charge in [-0.25, -0.2) is 0 Å². The Morgan fingerprint density at radius 3 is 0.948 bits per heavy atom. The fourth-order valence-corrected chi connectivity index (χ4v) is 5.88. The summed E-state index contributed by atoms with van der Waals surface area (Å²) in [5.74, 6) is 0.771. The molecule has 0 heterocycles. The Morgan fingerprint density at radius 2 is 0.724 bits per heavy atom. The van der Waals surface area contributed by atoms with Crippen molar-refractivity contribution in [1.82, 2.24) is 0 Å². The molecule has 7 aromatic rings. The molecule has 0 spiro atoms. The molecule has 0 aromatic heterocycles. The maximum Gasteiger partial charge on any atom is 0.159 e. The molecule has 0 bridgehead atoms. The largest absolute Gasteiger partial charge is 0.304 e. The molecule has 3 nitrogen and oxygen atoms in total. The Bertz CT molecular complexity index is 1940. The predicted molar refractivity (Wildman–Crippen MR) is 246 cm³/mol. The van der Waals surface area contributed by atoms with Crippen LogP contribution < -0.4 is 0 Å². The summed E-state index contributed by atoms with van der Waals surface area (Å²) >= 11 is 0. The number of hydrogen-bond acceptors (Lipinski definition) is 3. The minimum absolute atomic E-state index is 0.121. The van der Waals surface area contributed by atoms with E-state index in [4.69, 9.17) is 4.79 Å². The maximum absolute atomic E-state index is 10.6. The molecular weight excluding hydrogens is 709 g/mol. The van der Waals surface area contributed by atoms with Crippen LogP contribution in [0.15, 0.2) is 212 Å². The first-order valence-corrected chi connectivity index (χ1v) is 19.8. The summed E-state index contributed by atoms with van der Waals surface area (Å²) in [6, 6.07) is 73.0. The molecule has 0 unspecified atom stereocenters. The molecule has 0 radical (unpaired) electrons. The zero-order chi connectivity index (χ0) is 42.4. The molecule has 0 saturated carbocycles.